The summed E-state index contributed by atoms with van der Waals surface area (Å²) < 4.78 is 10.7. The number of methoxy groups -OCH3 is 1. The van der Waals surface area contributed by atoms with Crippen molar-refractivity contribution in [1.82, 2.24) is 20.5 Å². The van der Waals surface area contributed by atoms with Gasteiger partial charge in [0.25, 0.3) is 0 Å². The van der Waals surface area contributed by atoms with Gasteiger partial charge in [0, 0.05) is 45.7 Å². The zero-order chi connectivity index (χ0) is 21.0. The largest absolute Gasteiger partial charge is 0.444 e. The number of aromatic nitrogens is 1. The van der Waals surface area contributed by atoms with E-state index in [1.165, 1.54) is 0 Å². The van der Waals surface area contributed by atoms with Crippen LogP contribution in [0.4, 0.5) is 4.79 Å². The van der Waals surface area contributed by atoms with Crippen molar-refractivity contribution in [2.24, 2.45) is 4.99 Å². The number of carbonyl (C=O) groups is 1. The Balaban J connectivity index is 2.57. The van der Waals surface area contributed by atoms with E-state index in [9.17, 15) is 4.79 Å². The zero-order valence-corrected chi connectivity index (χ0v) is 18.0. The van der Waals surface area contributed by atoms with Crippen LogP contribution in [0.25, 0.3) is 0 Å². The predicted molar refractivity (Wildman–Crippen MR) is 111 cm³/mol. The Bertz CT molecular complexity index is 602. The minimum absolute atomic E-state index is 0.153. The Kier molecular flexibility index (Phi) is 10.3. The molecule has 158 valence electrons. The average molecular weight is 394 g/mol. The van der Waals surface area contributed by atoms with Crippen LogP contribution in [0.5, 0.6) is 0 Å². The molecular weight excluding hydrogens is 358 g/mol. The third-order valence-electron chi connectivity index (χ3n) is 3.67. The van der Waals surface area contributed by atoms with E-state index in [0.29, 0.717) is 32.2 Å². The summed E-state index contributed by atoms with van der Waals surface area (Å²) in [5, 5.41) is 6.51. The topological polar surface area (TPSA) is 88.1 Å². The second-order valence-corrected chi connectivity index (χ2v) is 7.62. The second-order valence-electron chi connectivity index (χ2n) is 7.62. The van der Waals surface area contributed by atoms with Gasteiger partial charge in [-0.15, -0.1) is 0 Å². The van der Waals surface area contributed by atoms with E-state index >= 15 is 0 Å². The average Bonchev–Trinajstić information content (AvgIpc) is 2.62. The van der Waals surface area contributed by atoms with Crippen molar-refractivity contribution in [2.75, 3.05) is 33.9 Å². The number of aliphatic imine (C=N–C) groups is 1. The van der Waals surface area contributed by atoms with Gasteiger partial charge in [-0.3, -0.25) is 9.98 Å². The summed E-state index contributed by atoms with van der Waals surface area (Å²) in [4.78, 5) is 22.6. The highest BCUT2D eigenvalue weighted by Gasteiger charge is 2.22. The molecule has 1 aromatic heterocycles. The molecule has 1 atom stereocenters. The van der Waals surface area contributed by atoms with Gasteiger partial charge in [0.1, 0.15) is 5.60 Å². The molecule has 1 heterocycles. The van der Waals surface area contributed by atoms with Gasteiger partial charge >= 0.3 is 6.09 Å². The minimum Gasteiger partial charge on any atom is -0.444 e. The number of ether oxygens (including phenoxy) is 2. The summed E-state index contributed by atoms with van der Waals surface area (Å²) in [5.74, 6) is 0.709. The number of pyridine rings is 1. The first-order valence-electron chi connectivity index (χ1n) is 9.58. The monoisotopic (exact) mass is 393 g/mol. The first-order valence-corrected chi connectivity index (χ1v) is 9.58. The van der Waals surface area contributed by atoms with E-state index in [2.05, 4.69) is 20.6 Å². The molecule has 8 nitrogen and oxygen atoms in total. The lowest BCUT2D eigenvalue weighted by Gasteiger charge is -2.27. The van der Waals surface area contributed by atoms with Crippen LogP contribution in [-0.4, -0.2) is 67.4 Å². The van der Waals surface area contributed by atoms with Crippen molar-refractivity contribution >= 4 is 12.1 Å². The molecule has 1 rings (SSSR count). The van der Waals surface area contributed by atoms with Gasteiger partial charge in [-0.2, -0.15) is 0 Å². The van der Waals surface area contributed by atoms with Gasteiger partial charge in [-0.25, -0.2) is 4.79 Å². The highest BCUT2D eigenvalue weighted by atomic mass is 16.6. The SMILES string of the molecule is CN=C(NCCCN(Cc1cccnc1)C(=O)OC(C)(C)C)NC(C)COC. The van der Waals surface area contributed by atoms with Gasteiger partial charge in [0.15, 0.2) is 5.96 Å². The molecule has 0 radical (unpaired) electrons. The molecule has 0 saturated carbocycles. The molecule has 2 N–H and O–H groups in total. The summed E-state index contributed by atoms with van der Waals surface area (Å²) >= 11 is 0. The predicted octanol–water partition coefficient (Wildman–Crippen LogP) is 2.41. The van der Waals surface area contributed by atoms with E-state index in [0.717, 1.165) is 12.0 Å². The van der Waals surface area contributed by atoms with Gasteiger partial charge in [0.05, 0.1) is 13.2 Å². The molecule has 1 amide bonds. The summed E-state index contributed by atoms with van der Waals surface area (Å²) in [5.41, 5.74) is 0.429. The zero-order valence-electron chi connectivity index (χ0n) is 18.0. The fourth-order valence-electron chi connectivity index (χ4n) is 2.47. The number of hydrogen-bond acceptors (Lipinski definition) is 5. The van der Waals surface area contributed by atoms with E-state index < -0.39 is 5.60 Å². The van der Waals surface area contributed by atoms with Crippen molar-refractivity contribution in [3.8, 4) is 0 Å². The van der Waals surface area contributed by atoms with Crippen LogP contribution in [-0.2, 0) is 16.0 Å². The van der Waals surface area contributed by atoms with Crippen molar-refractivity contribution in [2.45, 2.75) is 52.3 Å². The normalized spacial score (nSPS) is 13.0. The first kappa shape index (κ1) is 23.7. The Labute approximate surface area is 168 Å². The number of amides is 1. The molecule has 28 heavy (non-hydrogen) atoms. The molecule has 0 saturated heterocycles. The van der Waals surface area contributed by atoms with E-state index in [4.69, 9.17) is 9.47 Å². The third-order valence-corrected chi connectivity index (χ3v) is 3.67. The van der Waals surface area contributed by atoms with Crippen molar-refractivity contribution in [1.29, 1.82) is 0 Å². The lowest BCUT2D eigenvalue weighted by atomic mass is 10.2. The minimum atomic E-state index is -0.536. The first-order chi connectivity index (χ1) is 13.2. The summed E-state index contributed by atoms with van der Waals surface area (Å²) in [6, 6.07) is 3.96. The van der Waals surface area contributed by atoms with Crippen LogP contribution in [0.1, 0.15) is 39.7 Å². The van der Waals surface area contributed by atoms with Crippen LogP contribution >= 0.6 is 0 Å². The van der Waals surface area contributed by atoms with Crippen LogP contribution in [0.2, 0.25) is 0 Å². The Morgan fingerprint density at radius 3 is 2.71 bits per heavy atom. The Hall–Kier alpha value is -2.35. The van der Waals surface area contributed by atoms with Crippen molar-refractivity contribution in [3.05, 3.63) is 30.1 Å². The molecule has 1 aromatic rings. The van der Waals surface area contributed by atoms with Gasteiger partial charge in [-0.1, -0.05) is 6.07 Å². The fourth-order valence-corrected chi connectivity index (χ4v) is 2.47. The molecule has 0 aliphatic heterocycles. The number of nitrogens with one attached hydrogen (secondary N) is 2. The quantitative estimate of drug-likeness (QED) is 0.381. The fraction of sp³-hybridized carbons (Fsp3) is 0.650. The van der Waals surface area contributed by atoms with E-state index in [-0.39, 0.29) is 12.1 Å². The maximum Gasteiger partial charge on any atom is 0.410 e. The number of rotatable bonds is 9. The summed E-state index contributed by atoms with van der Waals surface area (Å²) in [7, 11) is 3.39. The molecule has 0 bridgehead atoms. The van der Waals surface area contributed by atoms with E-state index in [1.807, 2.05) is 39.8 Å². The van der Waals surface area contributed by atoms with Gasteiger partial charge in [0.2, 0.25) is 0 Å². The van der Waals surface area contributed by atoms with Gasteiger partial charge < -0.3 is 25.0 Å². The second kappa shape index (κ2) is 12.2. The number of nitrogens with zero attached hydrogens (tertiary/aromatic N) is 3. The highest BCUT2D eigenvalue weighted by molar-refractivity contribution is 5.79. The lowest BCUT2D eigenvalue weighted by Crippen LogP contribution is -2.45. The maximum absolute atomic E-state index is 12.6. The number of hydrogen-bond donors (Lipinski definition) is 2. The molecule has 0 aliphatic carbocycles. The Morgan fingerprint density at radius 1 is 1.39 bits per heavy atom. The molecule has 0 spiro atoms. The molecular formula is C20H35N5O3. The molecule has 0 fully saturated rings. The number of carbonyl (C=O) groups excluding carboxylic acids is 1. The smallest absolute Gasteiger partial charge is 0.410 e. The molecule has 1 unspecified atom stereocenters. The summed E-state index contributed by atoms with van der Waals surface area (Å²) in [6.45, 7) is 9.91. The van der Waals surface area contributed by atoms with Crippen molar-refractivity contribution in [3.63, 3.8) is 0 Å². The standard InChI is InChI=1S/C20H35N5O3/c1-16(15-27-6)24-18(21-5)23-11-8-12-25(19(26)28-20(2,3)4)14-17-9-7-10-22-13-17/h7,9-10,13,16H,8,11-12,14-15H2,1-6H3,(H2,21,23,24). The maximum atomic E-state index is 12.6. The molecule has 8 heteroatoms. The van der Waals surface area contributed by atoms with Crippen LogP contribution < -0.4 is 10.6 Å². The highest BCUT2D eigenvalue weighted by Crippen LogP contribution is 2.12. The van der Waals surface area contributed by atoms with Crippen LogP contribution in [0.15, 0.2) is 29.5 Å². The molecule has 0 aliphatic rings. The lowest BCUT2D eigenvalue weighted by molar-refractivity contribution is 0.0232. The van der Waals surface area contributed by atoms with Crippen molar-refractivity contribution < 1.29 is 14.3 Å². The summed E-state index contributed by atoms with van der Waals surface area (Å²) in [6.07, 6.45) is 3.90. The van der Waals surface area contributed by atoms with Crippen LogP contribution in [0, 0.1) is 0 Å². The molecule has 0 aromatic carbocycles. The third kappa shape index (κ3) is 10.1. The Morgan fingerprint density at radius 2 is 2.14 bits per heavy atom. The number of guanidine groups is 1. The van der Waals surface area contributed by atoms with E-state index in [1.54, 1.807) is 31.5 Å². The van der Waals surface area contributed by atoms with Gasteiger partial charge in [-0.05, 0) is 45.7 Å². The van der Waals surface area contributed by atoms with Crippen LogP contribution in [0.3, 0.4) is 0 Å².